The lowest BCUT2D eigenvalue weighted by molar-refractivity contribution is 0.443. The molecule has 0 amide bonds. The van der Waals surface area contributed by atoms with Crippen LogP contribution in [-0.2, 0) is 0 Å². The van der Waals surface area contributed by atoms with Crippen LogP contribution < -0.4 is 5.32 Å². The zero-order chi connectivity index (χ0) is 10.3. The minimum atomic E-state index is 0.587. The highest BCUT2D eigenvalue weighted by Crippen LogP contribution is 2.21. The quantitative estimate of drug-likeness (QED) is 0.810. The van der Waals surface area contributed by atoms with Gasteiger partial charge in [-0.2, -0.15) is 4.98 Å². The fourth-order valence-electron chi connectivity index (χ4n) is 1.78. The van der Waals surface area contributed by atoms with Crippen LogP contribution in [0.1, 0.15) is 24.8 Å². The summed E-state index contributed by atoms with van der Waals surface area (Å²) < 4.78 is 1.83. The van der Waals surface area contributed by atoms with Gasteiger partial charge in [0.1, 0.15) is 0 Å². The Balaban J connectivity index is 1.91. The van der Waals surface area contributed by atoms with Crippen molar-refractivity contribution in [1.82, 2.24) is 14.6 Å². The van der Waals surface area contributed by atoms with E-state index in [0.717, 1.165) is 11.6 Å². The molecule has 0 saturated heterocycles. The van der Waals surface area contributed by atoms with Gasteiger partial charge in [-0.3, -0.25) is 0 Å². The van der Waals surface area contributed by atoms with Crippen molar-refractivity contribution in [3.05, 3.63) is 23.9 Å². The maximum atomic E-state index is 4.42. The van der Waals surface area contributed by atoms with Crippen LogP contribution in [0.4, 0.5) is 5.95 Å². The van der Waals surface area contributed by atoms with Gasteiger partial charge in [0, 0.05) is 12.2 Å². The van der Waals surface area contributed by atoms with Crippen LogP contribution in [0, 0.1) is 6.92 Å². The third-order valence-corrected chi connectivity index (χ3v) is 2.92. The van der Waals surface area contributed by atoms with Crippen molar-refractivity contribution in [2.75, 3.05) is 5.32 Å². The first-order valence-electron chi connectivity index (χ1n) is 5.41. The number of nitrogens with zero attached hydrogens (tertiary/aromatic N) is 3. The summed E-state index contributed by atoms with van der Waals surface area (Å²) in [5.41, 5.74) is 2.10. The molecule has 0 unspecified atom stereocenters. The SMILES string of the molecule is Cc1ccc2nc(NC3CCC3)nn2c1. The number of hydrogen-bond acceptors (Lipinski definition) is 3. The monoisotopic (exact) mass is 202 g/mol. The van der Waals surface area contributed by atoms with Crippen LogP contribution in [0.25, 0.3) is 5.65 Å². The normalized spacial score (nSPS) is 16.6. The molecule has 1 saturated carbocycles. The number of pyridine rings is 1. The van der Waals surface area contributed by atoms with Crippen molar-refractivity contribution in [3.8, 4) is 0 Å². The number of nitrogens with one attached hydrogen (secondary N) is 1. The van der Waals surface area contributed by atoms with Gasteiger partial charge < -0.3 is 5.32 Å². The highest BCUT2D eigenvalue weighted by Gasteiger charge is 2.18. The molecule has 0 radical (unpaired) electrons. The highest BCUT2D eigenvalue weighted by atomic mass is 15.3. The number of fused-ring (bicyclic) bond motifs is 1. The third kappa shape index (κ3) is 1.56. The first-order valence-corrected chi connectivity index (χ1v) is 5.41. The van der Waals surface area contributed by atoms with E-state index in [1.807, 2.05) is 16.8 Å². The van der Waals surface area contributed by atoms with Crippen LogP contribution in [0.2, 0.25) is 0 Å². The number of hydrogen-bond donors (Lipinski definition) is 1. The lowest BCUT2D eigenvalue weighted by Crippen LogP contribution is -2.27. The largest absolute Gasteiger partial charge is 0.350 e. The van der Waals surface area contributed by atoms with E-state index in [2.05, 4.69) is 28.4 Å². The molecule has 1 aliphatic rings. The summed E-state index contributed by atoms with van der Waals surface area (Å²) in [5.74, 6) is 0.755. The van der Waals surface area contributed by atoms with Crippen LogP contribution in [0.15, 0.2) is 18.3 Å². The van der Waals surface area contributed by atoms with E-state index in [1.165, 1.54) is 24.8 Å². The maximum absolute atomic E-state index is 4.42. The van der Waals surface area contributed by atoms with E-state index >= 15 is 0 Å². The van der Waals surface area contributed by atoms with E-state index in [-0.39, 0.29) is 0 Å². The van der Waals surface area contributed by atoms with Gasteiger partial charge in [0.2, 0.25) is 5.95 Å². The summed E-state index contributed by atoms with van der Waals surface area (Å²) in [5, 5.41) is 7.73. The predicted molar refractivity (Wildman–Crippen MR) is 59.0 cm³/mol. The average molecular weight is 202 g/mol. The van der Waals surface area contributed by atoms with Crippen LogP contribution in [0.5, 0.6) is 0 Å². The van der Waals surface area contributed by atoms with Crippen molar-refractivity contribution < 1.29 is 0 Å². The van der Waals surface area contributed by atoms with E-state index < -0.39 is 0 Å². The van der Waals surface area contributed by atoms with Crippen LogP contribution in [-0.4, -0.2) is 20.6 Å². The molecule has 3 rings (SSSR count). The molecule has 1 N–H and O–H groups in total. The summed E-state index contributed by atoms with van der Waals surface area (Å²) >= 11 is 0. The van der Waals surface area contributed by atoms with E-state index in [0.29, 0.717) is 6.04 Å². The van der Waals surface area contributed by atoms with Gasteiger partial charge in [0.05, 0.1) is 0 Å². The Labute approximate surface area is 88.3 Å². The standard InChI is InChI=1S/C11H14N4/c1-8-5-6-10-13-11(14-15(10)7-8)12-9-3-2-4-9/h5-7,9H,2-4H2,1H3,(H,12,14). The third-order valence-electron chi connectivity index (χ3n) is 2.92. The minimum Gasteiger partial charge on any atom is -0.350 e. The Morgan fingerprint density at radius 3 is 3.00 bits per heavy atom. The molecule has 2 heterocycles. The molecule has 1 aliphatic carbocycles. The molecule has 78 valence electrons. The summed E-state index contributed by atoms with van der Waals surface area (Å²) in [6, 6.07) is 4.63. The molecular formula is C11H14N4. The Morgan fingerprint density at radius 1 is 1.40 bits per heavy atom. The molecular weight excluding hydrogens is 188 g/mol. The molecule has 15 heavy (non-hydrogen) atoms. The summed E-state index contributed by atoms with van der Waals surface area (Å²) in [4.78, 5) is 4.42. The number of anilines is 1. The lowest BCUT2D eigenvalue weighted by atomic mass is 9.93. The van der Waals surface area contributed by atoms with Crippen LogP contribution >= 0.6 is 0 Å². The second-order valence-corrected chi connectivity index (χ2v) is 4.22. The summed E-state index contributed by atoms with van der Waals surface area (Å²) in [6.07, 6.45) is 5.81. The van der Waals surface area contributed by atoms with E-state index in [1.54, 1.807) is 0 Å². The van der Waals surface area contributed by atoms with Crippen molar-refractivity contribution >= 4 is 11.6 Å². The zero-order valence-corrected chi connectivity index (χ0v) is 8.77. The first-order chi connectivity index (χ1) is 7.31. The van der Waals surface area contributed by atoms with E-state index in [9.17, 15) is 0 Å². The van der Waals surface area contributed by atoms with Gasteiger partial charge >= 0.3 is 0 Å². The molecule has 4 nitrogen and oxygen atoms in total. The Morgan fingerprint density at radius 2 is 2.27 bits per heavy atom. The molecule has 0 spiro atoms. The Hall–Kier alpha value is -1.58. The molecule has 0 aromatic carbocycles. The fourth-order valence-corrected chi connectivity index (χ4v) is 1.78. The van der Waals surface area contributed by atoms with Gasteiger partial charge in [-0.25, -0.2) is 4.52 Å². The van der Waals surface area contributed by atoms with Gasteiger partial charge in [0.25, 0.3) is 0 Å². The van der Waals surface area contributed by atoms with Crippen molar-refractivity contribution in [1.29, 1.82) is 0 Å². The minimum absolute atomic E-state index is 0.587. The Bertz CT molecular complexity index is 484. The molecule has 1 fully saturated rings. The molecule has 0 bridgehead atoms. The average Bonchev–Trinajstić information content (AvgIpc) is 2.53. The van der Waals surface area contributed by atoms with Crippen LogP contribution in [0.3, 0.4) is 0 Å². The smallest absolute Gasteiger partial charge is 0.243 e. The molecule has 2 aromatic rings. The van der Waals surface area contributed by atoms with Gasteiger partial charge in [-0.1, -0.05) is 6.07 Å². The van der Waals surface area contributed by atoms with Gasteiger partial charge in [-0.05, 0) is 37.8 Å². The second-order valence-electron chi connectivity index (χ2n) is 4.22. The van der Waals surface area contributed by atoms with Crippen molar-refractivity contribution in [2.24, 2.45) is 0 Å². The van der Waals surface area contributed by atoms with Gasteiger partial charge in [0.15, 0.2) is 5.65 Å². The topological polar surface area (TPSA) is 42.2 Å². The van der Waals surface area contributed by atoms with Crippen molar-refractivity contribution in [2.45, 2.75) is 32.2 Å². The molecule has 0 atom stereocenters. The second kappa shape index (κ2) is 3.22. The number of aromatic nitrogens is 3. The summed E-state index contributed by atoms with van der Waals surface area (Å²) in [6.45, 7) is 2.06. The molecule has 2 aromatic heterocycles. The summed E-state index contributed by atoms with van der Waals surface area (Å²) in [7, 11) is 0. The Kier molecular flexibility index (Phi) is 1.87. The van der Waals surface area contributed by atoms with E-state index in [4.69, 9.17) is 0 Å². The van der Waals surface area contributed by atoms with Crippen molar-refractivity contribution in [3.63, 3.8) is 0 Å². The highest BCUT2D eigenvalue weighted by molar-refractivity contribution is 5.44. The zero-order valence-electron chi connectivity index (χ0n) is 8.77. The number of rotatable bonds is 2. The predicted octanol–water partition coefficient (Wildman–Crippen LogP) is 2.00. The molecule has 0 aliphatic heterocycles. The number of aryl methyl sites for hydroxylation is 1. The lowest BCUT2D eigenvalue weighted by Gasteiger charge is -2.25. The maximum Gasteiger partial charge on any atom is 0.243 e. The fraction of sp³-hybridized carbons (Fsp3) is 0.455. The van der Waals surface area contributed by atoms with Gasteiger partial charge in [-0.15, -0.1) is 5.10 Å². The molecule has 4 heteroatoms. The first kappa shape index (κ1) is 8.71.